The van der Waals surface area contributed by atoms with Gasteiger partial charge in [-0.15, -0.1) is 0 Å². The minimum absolute atomic E-state index is 0.677. The predicted octanol–water partition coefficient (Wildman–Crippen LogP) is 2.95. The zero-order valence-electron chi connectivity index (χ0n) is 16.1. The second-order valence-electron chi connectivity index (χ2n) is 7.08. The SMILES string of the molecule is COc1cccc(NC(=S)N(CC[NH+]2CCCCCC2)Cc2ccco2)c1. The van der Waals surface area contributed by atoms with E-state index in [9.17, 15) is 0 Å². The minimum Gasteiger partial charge on any atom is -0.497 e. The molecule has 0 spiro atoms. The predicted molar refractivity (Wildman–Crippen MR) is 112 cm³/mol. The molecule has 2 aromatic rings. The number of hydrogen-bond acceptors (Lipinski definition) is 3. The molecule has 1 fully saturated rings. The van der Waals surface area contributed by atoms with Crippen molar-refractivity contribution in [1.29, 1.82) is 0 Å². The van der Waals surface area contributed by atoms with Crippen LogP contribution in [0.2, 0.25) is 0 Å². The fraction of sp³-hybridized carbons (Fsp3) is 0.476. The summed E-state index contributed by atoms with van der Waals surface area (Å²) < 4.78 is 10.9. The Hall–Kier alpha value is -2.05. The maximum atomic E-state index is 5.73. The molecule has 2 heterocycles. The number of ether oxygens (including phenoxy) is 1. The summed E-state index contributed by atoms with van der Waals surface area (Å²) in [4.78, 5) is 3.88. The molecule has 1 saturated heterocycles. The average Bonchev–Trinajstić information content (AvgIpc) is 3.06. The summed E-state index contributed by atoms with van der Waals surface area (Å²) in [7, 11) is 1.67. The van der Waals surface area contributed by atoms with Crippen LogP contribution in [0.5, 0.6) is 5.75 Å². The first-order chi connectivity index (χ1) is 13.2. The first-order valence-electron chi connectivity index (χ1n) is 9.80. The lowest BCUT2D eigenvalue weighted by Gasteiger charge is -2.27. The molecule has 146 valence electrons. The summed E-state index contributed by atoms with van der Waals surface area (Å²) in [6.07, 6.45) is 7.12. The summed E-state index contributed by atoms with van der Waals surface area (Å²) in [6.45, 7) is 5.22. The molecular weight excluding hydrogens is 358 g/mol. The molecule has 1 aromatic heterocycles. The number of anilines is 1. The van der Waals surface area contributed by atoms with Crippen molar-refractivity contribution >= 4 is 23.0 Å². The van der Waals surface area contributed by atoms with Gasteiger partial charge in [-0.1, -0.05) is 6.07 Å². The first kappa shape index (κ1) is 19.7. The van der Waals surface area contributed by atoms with E-state index in [0.717, 1.165) is 30.3 Å². The molecule has 0 aliphatic carbocycles. The molecule has 1 aliphatic heterocycles. The number of nitrogens with one attached hydrogen (secondary N) is 2. The second-order valence-corrected chi connectivity index (χ2v) is 7.46. The lowest BCUT2D eigenvalue weighted by Crippen LogP contribution is -3.12. The van der Waals surface area contributed by atoms with Gasteiger partial charge in [-0.05, 0) is 62.2 Å². The summed E-state index contributed by atoms with van der Waals surface area (Å²) in [5, 5.41) is 4.07. The third-order valence-electron chi connectivity index (χ3n) is 5.08. The third-order valence-corrected chi connectivity index (χ3v) is 5.44. The van der Waals surface area contributed by atoms with E-state index < -0.39 is 0 Å². The molecule has 0 amide bonds. The van der Waals surface area contributed by atoms with Gasteiger partial charge in [0.05, 0.1) is 46.1 Å². The highest BCUT2D eigenvalue weighted by molar-refractivity contribution is 7.80. The molecule has 1 aromatic carbocycles. The number of furan rings is 1. The minimum atomic E-state index is 0.677. The average molecular weight is 389 g/mol. The maximum absolute atomic E-state index is 5.73. The van der Waals surface area contributed by atoms with Gasteiger partial charge in [-0.25, -0.2) is 0 Å². The smallest absolute Gasteiger partial charge is 0.174 e. The van der Waals surface area contributed by atoms with Crippen molar-refractivity contribution < 1.29 is 14.1 Å². The van der Waals surface area contributed by atoms with Gasteiger partial charge in [0.15, 0.2) is 5.11 Å². The van der Waals surface area contributed by atoms with Crippen LogP contribution in [0.4, 0.5) is 5.69 Å². The van der Waals surface area contributed by atoms with Crippen LogP contribution in [0.25, 0.3) is 0 Å². The molecule has 0 saturated carbocycles. The van der Waals surface area contributed by atoms with Crippen LogP contribution in [0, 0.1) is 0 Å². The molecule has 27 heavy (non-hydrogen) atoms. The third kappa shape index (κ3) is 6.26. The Balaban J connectivity index is 1.63. The molecule has 3 rings (SSSR count). The van der Waals surface area contributed by atoms with Gasteiger partial charge in [0.1, 0.15) is 11.5 Å². The van der Waals surface area contributed by atoms with E-state index in [2.05, 4.69) is 10.2 Å². The van der Waals surface area contributed by atoms with Gasteiger partial charge in [-0.2, -0.15) is 0 Å². The van der Waals surface area contributed by atoms with Crippen molar-refractivity contribution in [1.82, 2.24) is 4.90 Å². The number of benzene rings is 1. The Bertz CT molecular complexity index is 697. The molecular formula is C21H30N3O2S+. The first-order valence-corrected chi connectivity index (χ1v) is 10.2. The highest BCUT2D eigenvalue weighted by Crippen LogP contribution is 2.17. The zero-order valence-corrected chi connectivity index (χ0v) is 16.9. The van der Waals surface area contributed by atoms with E-state index in [0.29, 0.717) is 11.7 Å². The largest absolute Gasteiger partial charge is 0.497 e. The van der Waals surface area contributed by atoms with Crippen molar-refractivity contribution in [3.63, 3.8) is 0 Å². The number of likely N-dealkylation sites (tertiary alicyclic amines) is 1. The number of thiocarbonyl (C=S) groups is 1. The Morgan fingerprint density at radius 2 is 2.00 bits per heavy atom. The molecule has 5 nitrogen and oxygen atoms in total. The van der Waals surface area contributed by atoms with Crippen molar-refractivity contribution in [3.8, 4) is 5.75 Å². The van der Waals surface area contributed by atoms with E-state index in [1.807, 2.05) is 36.4 Å². The van der Waals surface area contributed by atoms with Gasteiger partial charge in [0, 0.05) is 11.8 Å². The molecule has 2 N–H and O–H groups in total. The van der Waals surface area contributed by atoms with Crippen molar-refractivity contribution in [2.75, 3.05) is 38.6 Å². The maximum Gasteiger partial charge on any atom is 0.174 e. The van der Waals surface area contributed by atoms with E-state index in [1.165, 1.54) is 38.8 Å². The van der Waals surface area contributed by atoms with Crippen LogP contribution in [-0.2, 0) is 6.54 Å². The summed E-state index contributed by atoms with van der Waals surface area (Å²) >= 11 is 5.73. The summed E-state index contributed by atoms with van der Waals surface area (Å²) in [5.74, 6) is 1.74. The molecule has 0 unspecified atom stereocenters. The lowest BCUT2D eigenvalue weighted by molar-refractivity contribution is -0.898. The van der Waals surface area contributed by atoms with E-state index >= 15 is 0 Å². The number of rotatable bonds is 7. The van der Waals surface area contributed by atoms with E-state index in [-0.39, 0.29) is 0 Å². The number of methoxy groups -OCH3 is 1. The van der Waals surface area contributed by atoms with E-state index in [1.54, 1.807) is 18.3 Å². The van der Waals surface area contributed by atoms with Gasteiger partial charge in [-0.3, -0.25) is 0 Å². The van der Waals surface area contributed by atoms with Gasteiger partial charge in [0.25, 0.3) is 0 Å². The van der Waals surface area contributed by atoms with Crippen molar-refractivity contribution in [2.45, 2.75) is 32.2 Å². The van der Waals surface area contributed by atoms with Gasteiger partial charge >= 0.3 is 0 Å². The van der Waals surface area contributed by atoms with Crippen LogP contribution in [0.15, 0.2) is 47.1 Å². The lowest BCUT2D eigenvalue weighted by atomic mass is 10.2. The number of nitrogens with zero attached hydrogens (tertiary/aromatic N) is 1. The topological polar surface area (TPSA) is 42.1 Å². The van der Waals surface area contributed by atoms with Crippen LogP contribution < -0.4 is 15.0 Å². The molecule has 6 heteroatoms. The highest BCUT2D eigenvalue weighted by atomic mass is 32.1. The normalized spacial score (nSPS) is 15.1. The monoisotopic (exact) mass is 388 g/mol. The van der Waals surface area contributed by atoms with Crippen LogP contribution >= 0.6 is 12.2 Å². The van der Waals surface area contributed by atoms with Crippen molar-refractivity contribution in [3.05, 3.63) is 48.4 Å². The summed E-state index contributed by atoms with van der Waals surface area (Å²) in [6, 6.07) is 11.8. The quantitative estimate of drug-likeness (QED) is 0.714. The Morgan fingerprint density at radius 3 is 2.70 bits per heavy atom. The Labute approximate surface area is 167 Å². The van der Waals surface area contributed by atoms with Crippen LogP contribution in [-0.4, -0.2) is 43.3 Å². The highest BCUT2D eigenvalue weighted by Gasteiger charge is 2.17. The Kier molecular flexibility index (Phi) is 7.54. The standard InChI is InChI=1S/C21H29N3O2S/c1-25-19-9-6-8-18(16-19)22-21(27)24(17-20-10-7-15-26-20)14-13-23-11-4-2-3-5-12-23/h6-10,15-16H,2-5,11-14,17H2,1H3,(H,22,27)/p+1. The van der Waals surface area contributed by atoms with Crippen LogP contribution in [0.1, 0.15) is 31.4 Å². The molecule has 0 atom stereocenters. The fourth-order valence-corrected chi connectivity index (χ4v) is 3.79. The number of hydrogen-bond donors (Lipinski definition) is 2. The summed E-state index contributed by atoms with van der Waals surface area (Å²) in [5.41, 5.74) is 0.936. The molecule has 0 radical (unpaired) electrons. The van der Waals surface area contributed by atoms with Crippen LogP contribution in [0.3, 0.4) is 0 Å². The fourth-order valence-electron chi connectivity index (χ4n) is 3.52. The van der Waals surface area contributed by atoms with E-state index in [4.69, 9.17) is 21.4 Å². The number of quaternary nitrogens is 1. The Morgan fingerprint density at radius 1 is 1.19 bits per heavy atom. The van der Waals surface area contributed by atoms with Gasteiger partial charge in [0.2, 0.25) is 0 Å². The molecule has 1 aliphatic rings. The zero-order chi connectivity index (χ0) is 18.9. The van der Waals surface area contributed by atoms with Gasteiger partial charge < -0.3 is 24.3 Å². The second kappa shape index (κ2) is 10.3. The van der Waals surface area contributed by atoms with Crippen molar-refractivity contribution in [2.24, 2.45) is 0 Å². The molecule has 0 bridgehead atoms.